The van der Waals surface area contributed by atoms with Crippen molar-refractivity contribution in [2.24, 2.45) is 7.05 Å². The Kier molecular flexibility index (Phi) is 2.62. The van der Waals surface area contributed by atoms with Crippen LogP contribution in [0.15, 0.2) is 70.6 Å². The molecule has 5 rings (SSSR count). The molecule has 0 N–H and O–H groups in total. The minimum Gasteiger partial charge on any atom is -0.199 e. The molecule has 23 heavy (non-hydrogen) atoms. The molecule has 0 amide bonds. The summed E-state index contributed by atoms with van der Waals surface area (Å²) in [5.41, 5.74) is 4.08. The predicted octanol–water partition coefficient (Wildman–Crippen LogP) is 5.26. The molecule has 1 aromatic heterocycles. The van der Waals surface area contributed by atoms with E-state index in [1.54, 1.807) is 0 Å². The number of aromatic nitrogens is 1. The van der Waals surface area contributed by atoms with Crippen molar-refractivity contribution in [2.45, 2.75) is 16.7 Å². The SMILES string of the molecule is Cc1ccc2cccc3c2c1-c1c(c2ccccc2c[n+]1C)S3. The number of pyridine rings is 1. The van der Waals surface area contributed by atoms with Gasteiger partial charge in [0.05, 0.1) is 10.5 Å². The van der Waals surface area contributed by atoms with Crippen LogP contribution in [0.4, 0.5) is 0 Å². The molecule has 110 valence electrons. The highest BCUT2D eigenvalue weighted by molar-refractivity contribution is 8.00. The standard InChI is InChI=1S/C21H16NS/c1-13-10-11-14-7-5-9-17-19(14)18(13)20-21(23-17)16-8-4-3-6-15(16)12-22(20)2/h3-12H,1-2H3/q+1. The molecule has 3 aromatic carbocycles. The van der Waals surface area contributed by atoms with Crippen LogP contribution < -0.4 is 4.57 Å². The highest BCUT2D eigenvalue weighted by atomic mass is 32.2. The Bertz CT molecular complexity index is 1110. The minimum absolute atomic E-state index is 1.30. The molecule has 2 heterocycles. The molecule has 0 aliphatic carbocycles. The van der Waals surface area contributed by atoms with Gasteiger partial charge in [0.2, 0.25) is 5.69 Å². The topological polar surface area (TPSA) is 3.88 Å². The Labute approximate surface area is 139 Å². The summed E-state index contributed by atoms with van der Waals surface area (Å²) in [4.78, 5) is 2.74. The van der Waals surface area contributed by atoms with Crippen LogP contribution in [0.5, 0.6) is 0 Å². The summed E-state index contributed by atoms with van der Waals surface area (Å²) in [6, 6.07) is 19.8. The summed E-state index contributed by atoms with van der Waals surface area (Å²) >= 11 is 1.91. The van der Waals surface area contributed by atoms with E-state index in [0.717, 1.165) is 0 Å². The fraction of sp³-hybridized carbons (Fsp3) is 0.0952. The first kappa shape index (κ1) is 13.1. The third-order valence-corrected chi connectivity index (χ3v) is 5.95. The molecule has 0 radical (unpaired) electrons. The first-order valence-electron chi connectivity index (χ1n) is 7.86. The third-order valence-electron chi connectivity index (χ3n) is 4.77. The molecule has 0 saturated carbocycles. The van der Waals surface area contributed by atoms with Gasteiger partial charge in [-0.15, -0.1) is 0 Å². The highest BCUT2D eigenvalue weighted by Gasteiger charge is 2.29. The summed E-state index contributed by atoms with van der Waals surface area (Å²) in [5, 5.41) is 5.37. The zero-order valence-corrected chi connectivity index (χ0v) is 13.9. The van der Waals surface area contributed by atoms with Crippen LogP contribution in [0, 0.1) is 6.92 Å². The molecular formula is C21H16NS+. The van der Waals surface area contributed by atoms with E-state index in [0.29, 0.717) is 0 Å². The van der Waals surface area contributed by atoms with Gasteiger partial charge >= 0.3 is 0 Å². The van der Waals surface area contributed by atoms with Crippen LogP contribution in [-0.2, 0) is 7.05 Å². The van der Waals surface area contributed by atoms with Crippen molar-refractivity contribution in [3.63, 3.8) is 0 Å². The molecule has 4 aromatic rings. The summed E-state index contributed by atoms with van der Waals surface area (Å²) in [5.74, 6) is 0. The predicted molar refractivity (Wildman–Crippen MR) is 96.9 cm³/mol. The van der Waals surface area contributed by atoms with Crippen LogP contribution in [0.2, 0.25) is 0 Å². The second kappa shape index (κ2) is 4.59. The summed E-state index contributed by atoms with van der Waals surface area (Å²) in [7, 11) is 2.16. The summed E-state index contributed by atoms with van der Waals surface area (Å²) in [6.07, 6.45) is 2.25. The smallest absolute Gasteiger partial charge is 0.199 e. The summed E-state index contributed by atoms with van der Waals surface area (Å²) in [6.45, 7) is 2.22. The summed E-state index contributed by atoms with van der Waals surface area (Å²) < 4.78 is 2.29. The van der Waals surface area contributed by atoms with Crippen molar-refractivity contribution >= 4 is 33.3 Å². The second-order valence-corrected chi connectivity index (χ2v) is 7.27. The monoisotopic (exact) mass is 314 g/mol. The van der Waals surface area contributed by atoms with Crippen molar-refractivity contribution in [1.82, 2.24) is 0 Å². The molecule has 0 unspecified atom stereocenters. The van der Waals surface area contributed by atoms with Gasteiger partial charge in [0, 0.05) is 21.1 Å². The third kappa shape index (κ3) is 1.73. The number of hydrogen-bond donors (Lipinski definition) is 0. The van der Waals surface area contributed by atoms with Gasteiger partial charge in [-0.1, -0.05) is 54.2 Å². The Hall–Kier alpha value is -2.32. The number of benzene rings is 3. The van der Waals surface area contributed by atoms with Gasteiger partial charge < -0.3 is 0 Å². The van der Waals surface area contributed by atoms with Crippen molar-refractivity contribution in [1.29, 1.82) is 0 Å². The molecule has 0 atom stereocenters. The number of rotatable bonds is 0. The van der Waals surface area contributed by atoms with E-state index in [-0.39, 0.29) is 0 Å². The molecule has 0 saturated heterocycles. The van der Waals surface area contributed by atoms with Gasteiger partial charge in [0.15, 0.2) is 6.20 Å². The lowest BCUT2D eigenvalue weighted by Gasteiger charge is -2.20. The first-order chi connectivity index (χ1) is 11.2. The highest BCUT2D eigenvalue weighted by Crippen LogP contribution is 2.49. The van der Waals surface area contributed by atoms with Gasteiger partial charge in [-0.25, -0.2) is 0 Å². The Morgan fingerprint density at radius 2 is 1.70 bits per heavy atom. The number of hydrogen-bond acceptors (Lipinski definition) is 1. The van der Waals surface area contributed by atoms with Crippen LogP contribution >= 0.6 is 11.8 Å². The van der Waals surface area contributed by atoms with Crippen LogP contribution in [-0.4, -0.2) is 0 Å². The maximum Gasteiger partial charge on any atom is 0.227 e. The Morgan fingerprint density at radius 1 is 0.870 bits per heavy atom. The van der Waals surface area contributed by atoms with E-state index in [2.05, 4.69) is 79.3 Å². The fourth-order valence-electron chi connectivity index (χ4n) is 3.72. The molecule has 2 heteroatoms. The van der Waals surface area contributed by atoms with Crippen molar-refractivity contribution in [3.8, 4) is 11.3 Å². The van der Waals surface area contributed by atoms with Crippen molar-refractivity contribution in [2.75, 3.05) is 0 Å². The first-order valence-corrected chi connectivity index (χ1v) is 8.67. The van der Waals surface area contributed by atoms with Gasteiger partial charge in [-0.2, -0.15) is 4.57 Å². The fourth-order valence-corrected chi connectivity index (χ4v) is 5.05. The minimum atomic E-state index is 1.30. The van der Waals surface area contributed by atoms with E-state index in [1.165, 1.54) is 48.2 Å². The molecular weight excluding hydrogens is 298 g/mol. The van der Waals surface area contributed by atoms with Gasteiger partial charge in [-0.3, -0.25) is 0 Å². The quantitative estimate of drug-likeness (QED) is 0.353. The average molecular weight is 314 g/mol. The molecule has 1 nitrogen and oxygen atoms in total. The molecule has 1 aliphatic heterocycles. The van der Waals surface area contributed by atoms with Crippen molar-refractivity contribution < 1.29 is 4.57 Å². The van der Waals surface area contributed by atoms with E-state index in [9.17, 15) is 0 Å². The molecule has 0 bridgehead atoms. The zero-order valence-electron chi connectivity index (χ0n) is 13.1. The maximum atomic E-state index is 2.29. The maximum absolute atomic E-state index is 2.29. The number of fused-ring (bicyclic) bond motifs is 4. The van der Waals surface area contributed by atoms with E-state index in [4.69, 9.17) is 0 Å². The Balaban J connectivity index is 2.04. The van der Waals surface area contributed by atoms with E-state index < -0.39 is 0 Å². The molecule has 1 aliphatic rings. The lowest BCUT2D eigenvalue weighted by Crippen LogP contribution is -2.32. The lowest BCUT2D eigenvalue weighted by molar-refractivity contribution is -0.660. The van der Waals surface area contributed by atoms with Crippen LogP contribution in [0.25, 0.3) is 32.8 Å². The van der Waals surface area contributed by atoms with Crippen LogP contribution in [0.3, 0.4) is 0 Å². The van der Waals surface area contributed by atoms with Gasteiger partial charge in [0.25, 0.3) is 0 Å². The molecule has 0 fully saturated rings. The van der Waals surface area contributed by atoms with Crippen LogP contribution in [0.1, 0.15) is 5.56 Å². The lowest BCUT2D eigenvalue weighted by atomic mass is 9.95. The van der Waals surface area contributed by atoms with E-state index in [1.807, 2.05) is 11.8 Å². The second-order valence-electron chi connectivity index (χ2n) is 6.22. The normalized spacial score (nSPS) is 12.6. The van der Waals surface area contributed by atoms with Gasteiger partial charge in [-0.05, 0) is 30.0 Å². The number of aryl methyl sites for hydroxylation is 2. The van der Waals surface area contributed by atoms with E-state index >= 15 is 0 Å². The molecule has 0 spiro atoms. The van der Waals surface area contributed by atoms with Crippen molar-refractivity contribution in [3.05, 3.63) is 66.4 Å². The zero-order chi connectivity index (χ0) is 15.6. The van der Waals surface area contributed by atoms with Gasteiger partial charge in [0.1, 0.15) is 7.05 Å². The number of nitrogens with zero attached hydrogens (tertiary/aromatic N) is 1. The average Bonchev–Trinajstić information content (AvgIpc) is 2.57. The Morgan fingerprint density at radius 3 is 2.61 bits per heavy atom. The largest absolute Gasteiger partial charge is 0.227 e.